The van der Waals surface area contributed by atoms with E-state index in [1.807, 2.05) is 0 Å². The van der Waals surface area contributed by atoms with E-state index < -0.39 is 17.8 Å². The Morgan fingerprint density at radius 3 is 2.69 bits per heavy atom. The first-order valence-corrected chi connectivity index (χ1v) is 5.17. The van der Waals surface area contributed by atoms with Gasteiger partial charge in [-0.15, -0.1) is 0 Å². The molecule has 0 amide bonds. The van der Waals surface area contributed by atoms with Crippen molar-refractivity contribution in [2.24, 2.45) is 5.92 Å². The SMILES string of the molecule is Cc1cccc(OC(=O)C(F)(F)C2CC2)c1. The second-order valence-electron chi connectivity index (χ2n) is 4.10. The summed E-state index contributed by atoms with van der Waals surface area (Å²) in [7, 11) is 0. The molecule has 0 unspecified atom stereocenters. The fourth-order valence-electron chi connectivity index (χ4n) is 1.47. The third kappa shape index (κ3) is 2.21. The predicted molar refractivity (Wildman–Crippen MR) is 54.5 cm³/mol. The summed E-state index contributed by atoms with van der Waals surface area (Å²) in [4.78, 5) is 11.3. The minimum atomic E-state index is -3.34. The number of alkyl halides is 2. The Morgan fingerprint density at radius 2 is 2.12 bits per heavy atom. The summed E-state index contributed by atoms with van der Waals surface area (Å²) < 4.78 is 31.3. The normalized spacial score (nSPS) is 15.9. The molecule has 1 saturated carbocycles. The molecule has 0 aliphatic heterocycles. The van der Waals surface area contributed by atoms with Crippen molar-refractivity contribution in [1.82, 2.24) is 0 Å². The zero-order valence-corrected chi connectivity index (χ0v) is 8.87. The van der Waals surface area contributed by atoms with Crippen molar-refractivity contribution in [3.05, 3.63) is 29.8 Å². The number of hydrogen-bond donors (Lipinski definition) is 0. The molecule has 0 saturated heterocycles. The third-order valence-corrected chi connectivity index (χ3v) is 2.56. The molecule has 1 aromatic rings. The number of carbonyl (C=O) groups is 1. The Hall–Kier alpha value is -1.45. The van der Waals surface area contributed by atoms with Crippen LogP contribution >= 0.6 is 0 Å². The Balaban J connectivity index is 2.07. The Bertz CT molecular complexity index is 411. The van der Waals surface area contributed by atoms with E-state index in [0.29, 0.717) is 12.8 Å². The highest BCUT2D eigenvalue weighted by Gasteiger charge is 2.54. The van der Waals surface area contributed by atoms with E-state index in [4.69, 9.17) is 0 Å². The number of benzene rings is 1. The molecular weight excluding hydrogens is 214 g/mol. The predicted octanol–water partition coefficient (Wildman–Crippen LogP) is 2.95. The Labute approximate surface area is 92.2 Å². The highest BCUT2D eigenvalue weighted by molar-refractivity contribution is 5.80. The van der Waals surface area contributed by atoms with Gasteiger partial charge >= 0.3 is 11.9 Å². The summed E-state index contributed by atoms with van der Waals surface area (Å²) in [5, 5.41) is 0. The summed E-state index contributed by atoms with van der Waals surface area (Å²) in [5.74, 6) is -5.44. The molecule has 0 N–H and O–H groups in total. The minimum absolute atomic E-state index is 0.172. The maximum absolute atomic E-state index is 13.3. The highest BCUT2D eigenvalue weighted by Crippen LogP contribution is 2.44. The lowest BCUT2D eigenvalue weighted by Gasteiger charge is -2.13. The number of hydrogen-bond acceptors (Lipinski definition) is 2. The van der Waals surface area contributed by atoms with Crippen LogP contribution in [-0.4, -0.2) is 11.9 Å². The molecule has 1 aliphatic carbocycles. The number of carbonyl (C=O) groups excluding carboxylic acids is 1. The smallest absolute Gasteiger partial charge is 0.382 e. The molecule has 0 radical (unpaired) electrons. The second-order valence-corrected chi connectivity index (χ2v) is 4.10. The number of halogens is 2. The highest BCUT2D eigenvalue weighted by atomic mass is 19.3. The van der Waals surface area contributed by atoms with Crippen LogP contribution in [0.3, 0.4) is 0 Å². The summed E-state index contributed by atoms with van der Waals surface area (Å²) in [6.07, 6.45) is 0.797. The molecule has 0 bridgehead atoms. The molecule has 1 aliphatic rings. The molecule has 0 atom stereocenters. The molecule has 1 aromatic carbocycles. The minimum Gasteiger partial charge on any atom is -0.422 e. The molecular formula is C12H12F2O2. The maximum atomic E-state index is 13.3. The van der Waals surface area contributed by atoms with Crippen LogP contribution in [0.2, 0.25) is 0 Å². The molecule has 2 nitrogen and oxygen atoms in total. The fourth-order valence-corrected chi connectivity index (χ4v) is 1.47. The standard InChI is InChI=1S/C12H12F2O2/c1-8-3-2-4-10(7-8)16-11(15)12(13,14)9-5-6-9/h2-4,7,9H,5-6H2,1H3. The quantitative estimate of drug-likeness (QED) is 0.585. The molecule has 1 fully saturated rings. The van der Waals surface area contributed by atoms with E-state index in [9.17, 15) is 13.6 Å². The van der Waals surface area contributed by atoms with Crippen LogP contribution in [0.1, 0.15) is 18.4 Å². The first kappa shape index (κ1) is 11.0. The number of esters is 1. The summed E-state index contributed by atoms with van der Waals surface area (Å²) in [6.45, 7) is 1.80. The lowest BCUT2D eigenvalue weighted by molar-refractivity contribution is -0.164. The molecule has 86 valence electrons. The van der Waals surface area contributed by atoms with Gasteiger partial charge in [0.25, 0.3) is 0 Å². The van der Waals surface area contributed by atoms with Crippen LogP contribution in [0.25, 0.3) is 0 Å². The first-order valence-electron chi connectivity index (χ1n) is 5.17. The monoisotopic (exact) mass is 226 g/mol. The summed E-state index contributed by atoms with van der Waals surface area (Å²) in [6, 6.07) is 6.51. The van der Waals surface area contributed by atoms with Crippen LogP contribution in [-0.2, 0) is 4.79 Å². The lowest BCUT2D eigenvalue weighted by atomic mass is 10.2. The van der Waals surface area contributed by atoms with Crippen molar-refractivity contribution in [2.45, 2.75) is 25.7 Å². The molecule has 16 heavy (non-hydrogen) atoms. The van der Waals surface area contributed by atoms with Gasteiger partial charge in [-0.1, -0.05) is 12.1 Å². The number of aryl methyl sites for hydroxylation is 1. The van der Waals surface area contributed by atoms with Crippen LogP contribution in [0.4, 0.5) is 8.78 Å². The van der Waals surface area contributed by atoms with Crippen LogP contribution in [0.15, 0.2) is 24.3 Å². The van der Waals surface area contributed by atoms with Gasteiger partial charge in [0.15, 0.2) is 0 Å². The van der Waals surface area contributed by atoms with Crippen LogP contribution < -0.4 is 4.74 Å². The molecule has 0 spiro atoms. The number of rotatable bonds is 3. The van der Waals surface area contributed by atoms with Gasteiger partial charge in [0.1, 0.15) is 5.75 Å². The summed E-state index contributed by atoms with van der Waals surface area (Å²) in [5.41, 5.74) is 0.861. The van der Waals surface area contributed by atoms with E-state index in [2.05, 4.69) is 4.74 Å². The van der Waals surface area contributed by atoms with Crippen molar-refractivity contribution in [2.75, 3.05) is 0 Å². The van der Waals surface area contributed by atoms with Gasteiger partial charge in [0, 0.05) is 5.92 Å². The van der Waals surface area contributed by atoms with Gasteiger partial charge < -0.3 is 4.74 Å². The molecule has 0 heterocycles. The van der Waals surface area contributed by atoms with Crippen molar-refractivity contribution >= 4 is 5.97 Å². The van der Waals surface area contributed by atoms with Gasteiger partial charge in [-0.05, 0) is 37.5 Å². The Kier molecular flexibility index (Phi) is 2.66. The van der Waals surface area contributed by atoms with Gasteiger partial charge in [-0.3, -0.25) is 0 Å². The molecule has 2 rings (SSSR count). The van der Waals surface area contributed by atoms with E-state index >= 15 is 0 Å². The second kappa shape index (κ2) is 3.85. The average Bonchev–Trinajstić information content (AvgIpc) is 3.00. The fraction of sp³-hybridized carbons (Fsp3) is 0.417. The first-order chi connectivity index (χ1) is 7.50. The van der Waals surface area contributed by atoms with Crippen molar-refractivity contribution < 1.29 is 18.3 Å². The van der Waals surface area contributed by atoms with E-state index in [1.54, 1.807) is 25.1 Å². The van der Waals surface area contributed by atoms with E-state index in [-0.39, 0.29) is 5.75 Å². The zero-order valence-electron chi connectivity index (χ0n) is 8.87. The van der Waals surface area contributed by atoms with Crippen molar-refractivity contribution in [1.29, 1.82) is 0 Å². The molecule has 4 heteroatoms. The maximum Gasteiger partial charge on any atom is 0.382 e. The van der Waals surface area contributed by atoms with Crippen LogP contribution in [0, 0.1) is 12.8 Å². The lowest BCUT2D eigenvalue weighted by Crippen LogP contribution is -2.35. The number of ether oxygens (including phenoxy) is 1. The van der Waals surface area contributed by atoms with Gasteiger partial charge in [0.2, 0.25) is 0 Å². The third-order valence-electron chi connectivity index (χ3n) is 2.56. The van der Waals surface area contributed by atoms with Crippen molar-refractivity contribution in [3.63, 3.8) is 0 Å². The summed E-state index contributed by atoms with van der Waals surface area (Å²) >= 11 is 0. The molecule has 0 aromatic heterocycles. The zero-order chi connectivity index (χ0) is 11.8. The topological polar surface area (TPSA) is 26.3 Å². The van der Waals surface area contributed by atoms with Crippen molar-refractivity contribution in [3.8, 4) is 5.75 Å². The van der Waals surface area contributed by atoms with Gasteiger partial charge in [0.05, 0.1) is 0 Å². The van der Waals surface area contributed by atoms with E-state index in [1.165, 1.54) is 6.07 Å². The van der Waals surface area contributed by atoms with Gasteiger partial charge in [-0.25, -0.2) is 4.79 Å². The van der Waals surface area contributed by atoms with E-state index in [0.717, 1.165) is 5.56 Å². The van der Waals surface area contributed by atoms with Gasteiger partial charge in [-0.2, -0.15) is 8.78 Å². The largest absolute Gasteiger partial charge is 0.422 e. The van der Waals surface area contributed by atoms with Crippen LogP contribution in [0.5, 0.6) is 5.75 Å². The Morgan fingerprint density at radius 1 is 1.44 bits per heavy atom. The average molecular weight is 226 g/mol.